The second-order valence-electron chi connectivity index (χ2n) is 4.18. The summed E-state index contributed by atoms with van der Waals surface area (Å²) in [6, 6.07) is 0.597. The lowest BCUT2D eigenvalue weighted by molar-refractivity contribution is -0.125. The van der Waals surface area contributed by atoms with Crippen LogP contribution in [0.2, 0.25) is 0 Å². The minimum atomic E-state index is 0.182. The van der Waals surface area contributed by atoms with Crippen LogP contribution >= 0.6 is 0 Å². The van der Waals surface area contributed by atoms with Gasteiger partial charge in [0.2, 0.25) is 5.91 Å². The van der Waals surface area contributed by atoms with E-state index in [1.54, 1.807) is 0 Å². The Morgan fingerprint density at radius 1 is 1.57 bits per heavy atom. The van der Waals surface area contributed by atoms with Crippen LogP contribution in [-0.4, -0.2) is 42.8 Å². The fraction of sp³-hybridized carbons (Fsp3) is 0.900. The Balaban J connectivity index is 1.85. The molecule has 1 amide bonds. The topological polar surface area (TPSA) is 41.6 Å². The van der Waals surface area contributed by atoms with Gasteiger partial charge in [0.25, 0.3) is 0 Å². The summed E-state index contributed by atoms with van der Waals surface area (Å²) in [7, 11) is 0. The van der Waals surface area contributed by atoms with E-state index in [1.165, 1.54) is 0 Å². The van der Waals surface area contributed by atoms with Crippen molar-refractivity contribution >= 4 is 5.91 Å². The van der Waals surface area contributed by atoms with Gasteiger partial charge in [-0.05, 0) is 19.8 Å². The molecule has 2 aliphatic heterocycles. The maximum Gasteiger partial charge on any atom is 0.222 e. The van der Waals surface area contributed by atoms with Gasteiger partial charge < -0.3 is 10.1 Å². The summed E-state index contributed by atoms with van der Waals surface area (Å²) in [5.41, 5.74) is 0. The highest BCUT2D eigenvalue weighted by Gasteiger charge is 2.27. The zero-order chi connectivity index (χ0) is 9.97. The molecule has 0 bridgehead atoms. The Labute approximate surface area is 84.6 Å². The molecule has 0 aromatic heterocycles. The largest absolute Gasteiger partial charge is 0.378 e. The molecule has 2 aliphatic rings. The van der Waals surface area contributed by atoms with Gasteiger partial charge in [-0.15, -0.1) is 0 Å². The van der Waals surface area contributed by atoms with Crippen LogP contribution in [0.3, 0.4) is 0 Å². The zero-order valence-corrected chi connectivity index (χ0v) is 8.66. The van der Waals surface area contributed by atoms with Gasteiger partial charge in [-0.2, -0.15) is 0 Å². The van der Waals surface area contributed by atoms with Crippen molar-refractivity contribution in [1.29, 1.82) is 0 Å². The van der Waals surface area contributed by atoms with Crippen LogP contribution in [0.4, 0.5) is 0 Å². The number of carbonyl (C=O) groups is 1. The van der Waals surface area contributed by atoms with Crippen LogP contribution in [0.25, 0.3) is 0 Å². The van der Waals surface area contributed by atoms with Crippen molar-refractivity contribution in [3.05, 3.63) is 0 Å². The normalized spacial score (nSPS) is 35.4. The average molecular weight is 198 g/mol. The SMILES string of the molecule is C[C@H]1C[C@@H](N2CCC(=O)NC2)CCO1. The Hall–Kier alpha value is -0.610. The molecule has 80 valence electrons. The molecule has 0 unspecified atom stereocenters. The van der Waals surface area contributed by atoms with Gasteiger partial charge in [0.05, 0.1) is 12.8 Å². The van der Waals surface area contributed by atoms with E-state index in [0.29, 0.717) is 18.6 Å². The third-order valence-electron chi connectivity index (χ3n) is 3.08. The Morgan fingerprint density at radius 2 is 2.43 bits per heavy atom. The summed E-state index contributed by atoms with van der Waals surface area (Å²) >= 11 is 0. The first-order chi connectivity index (χ1) is 6.75. The number of rotatable bonds is 1. The molecule has 0 radical (unpaired) electrons. The Kier molecular flexibility index (Phi) is 3.03. The van der Waals surface area contributed by atoms with Crippen LogP contribution in [0.1, 0.15) is 26.2 Å². The van der Waals surface area contributed by atoms with E-state index in [9.17, 15) is 4.79 Å². The molecule has 0 aliphatic carbocycles. The molecule has 2 rings (SSSR count). The van der Waals surface area contributed by atoms with Gasteiger partial charge >= 0.3 is 0 Å². The molecular formula is C10H18N2O2. The fourth-order valence-corrected chi connectivity index (χ4v) is 2.22. The van der Waals surface area contributed by atoms with Gasteiger partial charge in [-0.25, -0.2) is 0 Å². The van der Waals surface area contributed by atoms with E-state index >= 15 is 0 Å². The van der Waals surface area contributed by atoms with Crippen molar-refractivity contribution in [1.82, 2.24) is 10.2 Å². The van der Waals surface area contributed by atoms with Gasteiger partial charge in [-0.1, -0.05) is 0 Å². The summed E-state index contributed by atoms with van der Waals surface area (Å²) in [5.74, 6) is 0.182. The molecule has 0 aromatic rings. The van der Waals surface area contributed by atoms with Crippen LogP contribution in [0.15, 0.2) is 0 Å². The maximum absolute atomic E-state index is 11.0. The number of hydrogen-bond donors (Lipinski definition) is 1. The van der Waals surface area contributed by atoms with E-state index in [4.69, 9.17) is 4.74 Å². The number of carbonyl (C=O) groups excluding carboxylic acids is 1. The number of hydrogen-bond acceptors (Lipinski definition) is 3. The first kappa shape index (κ1) is 9.93. The lowest BCUT2D eigenvalue weighted by Crippen LogP contribution is -2.51. The molecule has 2 saturated heterocycles. The Bertz CT molecular complexity index is 210. The second kappa shape index (κ2) is 4.28. The van der Waals surface area contributed by atoms with Crippen LogP contribution in [0.5, 0.6) is 0 Å². The quantitative estimate of drug-likeness (QED) is 0.660. The predicted molar refractivity (Wildman–Crippen MR) is 52.8 cm³/mol. The van der Waals surface area contributed by atoms with Crippen molar-refractivity contribution in [3.8, 4) is 0 Å². The highest BCUT2D eigenvalue weighted by molar-refractivity contribution is 5.76. The fourth-order valence-electron chi connectivity index (χ4n) is 2.22. The van der Waals surface area contributed by atoms with Crippen LogP contribution < -0.4 is 5.32 Å². The molecule has 0 spiro atoms. The minimum absolute atomic E-state index is 0.182. The molecule has 2 fully saturated rings. The smallest absolute Gasteiger partial charge is 0.222 e. The van der Waals surface area contributed by atoms with Gasteiger partial charge in [-0.3, -0.25) is 9.69 Å². The molecule has 0 aromatic carbocycles. The predicted octanol–water partition coefficient (Wildman–Crippen LogP) is 0.333. The van der Waals surface area contributed by atoms with Crippen molar-refractivity contribution in [2.45, 2.75) is 38.3 Å². The van der Waals surface area contributed by atoms with Crippen LogP contribution in [0, 0.1) is 0 Å². The number of nitrogens with one attached hydrogen (secondary N) is 1. The molecule has 2 atom stereocenters. The highest BCUT2D eigenvalue weighted by Crippen LogP contribution is 2.19. The molecule has 2 heterocycles. The Morgan fingerprint density at radius 3 is 3.07 bits per heavy atom. The molecule has 1 N–H and O–H groups in total. The molecule has 0 saturated carbocycles. The van der Waals surface area contributed by atoms with Gasteiger partial charge in [0.1, 0.15) is 0 Å². The van der Waals surface area contributed by atoms with Gasteiger partial charge in [0, 0.05) is 25.6 Å². The van der Waals surface area contributed by atoms with E-state index in [-0.39, 0.29) is 5.91 Å². The number of amides is 1. The highest BCUT2D eigenvalue weighted by atomic mass is 16.5. The maximum atomic E-state index is 11.0. The van der Waals surface area contributed by atoms with Crippen molar-refractivity contribution in [2.75, 3.05) is 19.8 Å². The van der Waals surface area contributed by atoms with Crippen molar-refractivity contribution < 1.29 is 9.53 Å². The zero-order valence-electron chi connectivity index (χ0n) is 8.66. The summed E-state index contributed by atoms with van der Waals surface area (Å²) in [5, 5.41) is 2.89. The minimum Gasteiger partial charge on any atom is -0.378 e. The molecular weight excluding hydrogens is 180 g/mol. The first-order valence-corrected chi connectivity index (χ1v) is 5.38. The molecule has 4 heteroatoms. The number of ether oxygens (including phenoxy) is 1. The summed E-state index contributed by atoms with van der Waals surface area (Å²) in [6.45, 7) is 4.60. The van der Waals surface area contributed by atoms with E-state index < -0.39 is 0 Å². The average Bonchev–Trinajstić information content (AvgIpc) is 2.19. The second-order valence-corrected chi connectivity index (χ2v) is 4.18. The van der Waals surface area contributed by atoms with Crippen molar-refractivity contribution in [3.63, 3.8) is 0 Å². The standard InChI is InChI=1S/C10H18N2O2/c1-8-6-9(3-5-14-8)12-4-2-10(13)11-7-12/h8-9H,2-7H2,1H3,(H,11,13)/t8-,9-/m0/s1. The number of nitrogens with zero attached hydrogens (tertiary/aromatic N) is 1. The van der Waals surface area contributed by atoms with E-state index in [1.807, 2.05) is 0 Å². The summed E-state index contributed by atoms with van der Waals surface area (Å²) in [6.07, 6.45) is 3.20. The lowest BCUT2D eigenvalue weighted by Gasteiger charge is -2.38. The van der Waals surface area contributed by atoms with Crippen LogP contribution in [-0.2, 0) is 9.53 Å². The third-order valence-corrected chi connectivity index (χ3v) is 3.08. The first-order valence-electron chi connectivity index (χ1n) is 5.38. The lowest BCUT2D eigenvalue weighted by atomic mass is 10.0. The summed E-state index contributed by atoms with van der Waals surface area (Å²) < 4.78 is 5.51. The van der Waals surface area contributed by atoms with Crippen molar-refractivity contribution in [2.24, 2.45) is 0 Å². The molecule has 14 heavy (non-hydrogen) atoms. The summed E-state index contributed by atoms with van der Waals surface area (Å²) in [4.78, 5) is 13.4. The van der Waals surface area contributed by atoms with Gasteiger partial charge in [0.15, 0.2) is 0 Å². The van der Waals surface area contributed by atoms with E-state index in [0.717, 1.165) is 32.7 Å². The van der Waals surface area contributed by atoms with E-state index in [2.05, 4.69) is 17.1 Å². The molecule has 4 nitrogen and oxygen atoms in total. The third kappa shape index (κ3) is 2.25. The monoisotopic (exact) mass is 198 g/mol.